The lowest BCUT2D eigenvalue weighted by molar-refractivity contribution is 0.0823. The number of rotatable bonds is 5. The summed E-state index contributed by atoms with van der Waals surface area (Å²) in [4.78, 5) is 23.9. The normalized spacial score (nSPS) is 16.0. The fourth-order valence-corrected chi connectivity index (χ4v) is 2.29. The second kappa shape index (κ2) is 7.36. The molecule has 1 aliphatic rings. The summed E-state index contributed by atoms with van der Waals surface area (Å²) in [7, 11) is 0. The van der Waals surface area contributed by atoms with Crippen molar-refractivity contribution in [2.24, 2.45) is 0 Å². The van der Waals surface area contributed by atoms with Crippen LogP contribution in [0.1, 0.15) is 15.9 Å². The van der Waals surface area contributed by atoms with E-state index in [1.54, 1.807) is 54.6 Å². The minimum atomic E-state index is -0.627. The molecule has 0 unspecified atom stereocenters. The van der Waals surface area contributed by atoms with Crippen molar-refractivity contribution in [3.05, 3.63) is 65.7 Å². The molecule has 25 heavy (non-hydrogen) atoms. The number of carbonyl (C=O) groups excluding carboxylic acids is 2. The minimum absolute atomic E-state index is 0.148. The van der Waals surface area contributed by atoms with Crippen LogP contribution < -0.4 is 10.2 Å². The predicted octanol–water partition coefficient (Wildman–Crippen LogP) is 2.10. The molecule has 0 bridgehead atoms. The number of nitrogens with one attached hydrogen (secondary N) is 1. The van der Waals surface area contributed by atoms with Gasteiger partial charge < -0.3 is 9.47 Å². The van der Waals surface area contributed by atoms with Crippen LogP contribution in [0.4, 0.5) is 4.79 Å². The van der Waals surface area contributed by atoms with Gasteiger partial charge in [-0.15, -0.1) is 0 Å². The third-order valence-electron chi connectivity index (χ3n) is 3.57. The average Bonchev–Trinajstić information content (AvgIpc) is 3.00. The monoisotopic (exact) mass is 337 g/mol. The first-order valence-corrected chi connectivity index (χ1v) is 7.63. The number of nitrogens with zero attached hydrogens (tertiary/aromatic N) is 2. The predicted molar refractivity (Wildman–Crippen MR) is 87.5 cm³/mol. The van der Waals surface area contributed by atoms with Crippen molar-refractivity contribution < 1.29 is 19.1 Å². The lowest BCUT2D eigenvalue weighted by Crippen LogP contribution is -2.43. The van der Waals surface area contributed by atoms with E-state index in [0.717, 1.165) is 5.01 Å². The molecule has 2 aromatic carbocycles. The topological polar surface area (TPSA) is 91.7 Å². The van der Waals surface area contributed by atoms with Crippen molar-refractivity contribution in [3.63, 3.8) is 0 Å². The average molecular weight is 337 g/mol. The Morgan fingerprint density at radius 3 is 2.64 bits per heavy atom. The maximum atomic E-state index is 12.1. The quantitative estimate of drug-likeness (QED) is 0.902. The number of amides is 2. The van der Waals surface area contributed by atoms with E-state index in [1.165, 1.54) is 0 Å². The molecule has 1 saturated heterocycles. The summed E-state index contributed by atoms with van der Waals surface area (Å²) in [5.74, 6) is 0.188. The highest BCUT2D eigenvalue weighted by Crippen LogP contribution is 2.15. The molecule has 0 aromatic heterocycles. The van der Waals surface area contributed by atoms with Crippen LogP contribution in [0.2, 0.25) is 0 Å². The van der Waals surface area contributed by atoms with Gasteiger partial charge in [-0.25, -0.2) is 9.80 Å². The third kappa shape index (κ3) is 4.06. The number of nitriles is 1. The molecule has 2 amide bonds. The van der Waals surface area contributed by atoms with Crippen molar-refractivity contribution in [1.82, 2.24) is 10.4 Å². The molecule has 1 fully saturated rings. The Kier molecular flexibility index (Phi) is 4.81. The van der Waals surface area contributed by atoms with Crippen molar-refractivity contribution in [2.75, 3.05) is 13.2 Å². The van der Waals surface area contributed by atoms with Gasteiger partial charge in [0, 0.05) is 5.56 Å². The maximum absolute atomic E-state index is 12.1. The van der Waals surface area contributed by atoms with E-state index in [4.69, 9.17) is 14.7 Å². The molecule has 0 spiro atoms. The zero-order valence-electron chi connectivity index (χ0n) is 13.2. The highest BCUT2D eigenvalue weighted by atomic mass is 16.6. The number of hydrogen-bond acceptors (Lipinski definition) is 5. The minimum Gasteiger partial charge on any atom is -0.490 e. The summed E-state index contributed by atoms with van der Waals surface area (Å²) in [6.45, 7) is 0.336. The third-order valence-corrected chi connectivity index (χ3v) is 3.57. The van der Waals surface area contributed by atoms with Crippen molar-refractivity contribution >= 4 is 12.0 Å². The summed E-state index contributed by atoms with van der Waals surface area (Å²) in [6, 6.07) is 17.2. The Hall–Kier alpha value is -3.53. The van der Waals surface area contributed by atoms with Gasteiger partial charge in [0.15, 0.2) is 6.10 Å². The highest BCUT2D eigenvalue weighted by molar-refractivity contribution is 5.95. The highest BCUT2D eigenvalue weighted by Gasteiger charge is 2.33. The van der Waals surface area contributed by atoms with E-state index >= 15 is 0 Å². The van der Waals surface area contributed by atoms with Crippen LogP contribution in [0.3, 0.4) is 0 Å². The molecule has 1 atom stereocenters. The Bertz CT molecular complexity index is 799. The van der Waals surface area contributed by atoms with E-state index in [1.807, 2.05) is 6.07 Å². The number of hydrogen-bond donors (Lipinski definition) is 1. The van der Waals surface area contributed by atoms with E-state index in [0.29, 0.717) is 16.9 Å². The zero-order valence-corrected chi connectivity index (χ0v) is 13.2. The molecule has 1 aliphatic heterocycles. The Morgan fingerprint density at radius 1 is 1.24 bits per heavy atom. The van der Waals surface area contributed by atoms with E-state index in [-0.39, 0.29) is 19.1 Å². The fraction of sp³-hybridized carbons (Fsp3) is 0.167. The number of hydrazine groups is 1. The SMILES string of the molecule is N#Cc1ccc(OC[C@@H]2CN(NC(=O)c3ccccc3)C(=O)O2)cc1. The smallest absolute Gasteiger partial charge is 0.429 e. The van der Waals surface area contributed by atoms with Gasteiger partial charge in [-0.1, -0.05) is 18.2 Å². The number of ether oxygens (including phenoxy) is 2. The number of carbonyl (C=O) groups is 2. The van der Waals surface area contributed by atoms with Gasteiger partial charge in [-0.3, -0.25) is 10.2 Å². The summed E-state index contributed by atoms with van der Waals surface area (Å²) in [6.07, 6.45) is -1.13. The van der Waals surface area contributed by atoms with Gasteiger partial charge in [0.2, 0.25) is 0 Å². The van der Waals surface area contributed by atoms with Crippen LogP contribution in [-0.4, -0.2) is 36.3 Å². The summed E-state index contributed by atoms with van der Waals surface area (Å²) < 4.78 is 10.7. The van der Waals surface area contributed by atoms with E-state index in [9.17, 15) is 9.59 Å². The lowest BCUT2D eigenvalue weighted by atomic mass is 10.2. The Balaban J connectivity index is 1.52. The second-order valence-electron chi connectivity index (χ2n) is 5.37. The van der Waals surface area contributed by atoms with Crippen LogP contribution in [-0.2, 0) is 4.74 Å². The van der Waals surface area contributed by atoms with Crippen LogP contribution in [0.25, 0.3) is 0 Å². The fourth-order valence-electron chi connectivity index (χ4n) is 2.29. The molecular weight excluding hydrogens is 322 g/mol. The first-order valence-electron chi connectivity index (χ1n) is 7.63. The van der Waals surface area contributed by atoms with Crippen LogP contribution in [0.15, 0.2) is 54.6 Å². The molecule has 0 aliphatic carbocycles. The first kappa shape index (κ1) is 16.3. The van der Waals surface area contributed by atoms with E-state index < -0.39 is 12.2 Å². The van der Waals surface area contributed by atoms with Crippen molar-refractivity contribution in [2.45, 2.75) is 6.10 Å². The van der Waals surface area contributed by atoms with Gasteiger partial charge >= 0.3 is 6.09 Å². The zero-order chi connectivity index (χ0) is 17.6. The summed E-state index contributed by atoms with van der Waals surface area (Å²) in [5, 5.41) is 9.88. The van der Waals surface area contributed by atoms with Crippen LogP contribution in [0.5, 0.6) is 5.75 Å². The molecule has 7 heteroatoms. The second-order valence-corrected chi connectivity index (χ2v) is 5.37. The van der Waals surface area contributed by atoms with Gasteiger partial charge in [0.25, 0.3) is 5.91 Å². The molecule has 2 aromatic rings. The van der Waals surface area contributed by atoms with Gasteiger partial charge in [0.05, 0.1) is 18.2 Å². The molecule has 7 nitrogen and oxygen atoms in total. The van der Waals surface area contributed by atoms with Crippen LogP contribution in [0, 0.1) is 11.3 Å². The number of cyclic esters (lactones) is 1. The molecule has 126 valence electrons. The molecule has 1 heterocycles. The van der Waals surface area contributed by atoms with E-state index in [2.05, 4.69) is 5.43 Å². The van der Waals surface area contributed by atoms with Gasteiger partial charge in [-0.05, 0) is 36.4 Å². The van der Waals surface area contributed by atoms with Crippen molar-refractivity contribution in [3.8, 4) is 11.8 Å². The largest absolute Gasteiger partial charge is 0.490 e. The van der Waals surface area contributed by atoms with Crippen molar-refractivity contribution in [1.29, 1.82) is 5.26 Å². The maximum Gasteiger partial charge on any atom is 0.429 e. The number of benzene rings is 2. The first-order chi connectivity index (χ1) is 12.2. The van der Waals surface area contributed by atoms with Gasteiger partial charge in [0.1, 0.15) is 12.4 Å². The molecule has 1 N–H and O–H groups in total. The lowest BCUT2D eigenvalue weighted by Gasteiger charge is -2.14. The van der Waals surface area contributed by atoms with Crippen LogP contribution >= 0.6 is 0 Å². The molecule has 0 radical (unpaired) electrons. The summed E-state index contributed by atoms with van der Waals surface area (Å²) in [5.41, 5.74) is 3.50. The Morgan fingerprint density at radius 2 is 1.96 bits per heavy atom. The Labute approximate surface area is 144 Å². The summed E-state index contributed by atoms with van der Waals surface area (Å²) >= 11 is 0. The molecular formula is C18H15N3O4. The molecule has 0 saturated carbocycles. The van der Waals surface area contributed by atoms with Gasteiger partial charge in [-0.2, -0.15) is 5.26 Å². The molecule has 3 rings (SSSR count). The standard InChI is InChI=1S/C18H15N3O4/c19-10-13-6-8-15(9-7-13)24-12-16-11-21(18(23)25-16)20-17(22)14-4-2-1-3-5-14/h1-9,16H,11-12H2,(H,20,22)/t16-/m0/s1.